The fraction of sp³-hybridized carbons (Fsp3) is 0.667. The van der Waals surface area contributed by atoms with Crippen LogP contribution in [0.2, 0.25) is 0 Å². The molecule has 0 radical (unpaired) electrons. The van der Waals surface area contributed by atoms with Gasteiger partial charge in [0.2, 0.25) is 10.5 Å². The minimum Gasteiger partial charge on any atom is -0.280 e. The van der Waals surface area contributed by atoms with Gasteiger partial charge in [-0.15, -0.1) is 0 Å². The predicted octanol–water partition coefficient (Wildman–Crippen LogP) is 2.82. The third-order valence-electron chi connectivity index (χ3n) is 1.17. The maximum atomic E-state index is 10.5. The fourth-order valence-electron chi connectivity index (χ4n) is 0.520. The van der Waals surface area contributed by atoms with Gasteiger partial charge in [-0.1, -0.05) is 31.9 Å². The molecule has 0 bridgehead atoms. The third kappa shape index (κ3) is 5.51. The first-order valence-corrected chi connectivity index (χ1v) is 5.70. The van der Waals surface area contributed by atoms with Crippen LogP contribution in [0.25, 0.3) is 0 Å². The molecule has 2 atom stereocenters. The van der Waals surface area contributed by atoms with Crippen LogP contribution in [0.15, 0.2) is 0 Å². The van der Waals surface area contributed by atoms with E-state index in [4.69, 9.17) is 23.2 Å². The van der Waals surface area contributed by atoms with Gasteiger partial charge in [0.05, 0.1) is 9.65 Å². The smallest absolute Gasteiger partial charge is 0.235 e. The lowest BCUT2D eigenvalue weighted by Crippen LogP contribution is -2.13. The van der Waals surface area contributed by atoms with Gasteiger partial charge in [-0.05, 0) is 36.0 Å². The number of hydrogen-bond acceptors (Lipinski definition) is 2. The molecule has 0 fully saturated rings. The highest BCUT2D eigenvalue weighted by Gasteiger charge is 2.17. The summed E-state index contributed by atoms with van der Waals surface area (Å²) in [5.41, 5.74) is 0. The summed E-state index contributed by atoms with van der Waals surface area (Å²) in [6.07, 6.45) is 0.966. The number of halogens is 4. The van der Waals surface area contributed by atoms with E-state index < -0.39 is 20.1 Å². The van der Waals surface area contributed by atoms with E-state index in [1.54, 1.807) is 0 Å². The van der Waals surface area contributed by atoms with Gasteiger partial charge in [0, 0.05) is 0 Å². The molecule has 12 heavy (non-hydrogen) atoms. The highest BCUT2D eigenvalue weighted by Crippen LogP contribution is 2.18. The van der Waals surface area contributed by atoms with Gasteiger partial charge in [-0.2, -0.15) is 0 Å². The van der Waals surface area contributed by atoms with Crippen molar-refractivity contribution in [2.24, 2.45) is 0 Å². The summed E-state index contributed by atoms with van der Waals surface area (Å²) in [5, 5.41) is -0.923. The highest BCUT2D eigenvalue weighted by atomic mass is 79.9. The van der Waals surface area contributed by atoms with Crippen molar-refractivity contribution in [1.29, 1.82) is 0 Å². The van der Waals surface area contributed by atoms with E-state index in [9.17, 15) is 9.59 Å². The van der Waals surface area contributed by atoms with Gasteiger partial charge in [-0.3, -0.25) is 9.59 Å². The van der Waals surface area contributed by atoms with Crippen LogP contribution in [0.5, 0.6) is 0 Å². The van der Waals surface area contributed by atoms with Gasteiger partial charge < -0.3 is 0 Å². The number of hydrogen-bond donors (Lipinski definition) is 0. The molecule has 6 heteroatoms. The molecule has 0 rings (SSSR count). The zero-order valence-corrected chi connectivity index (χ0v) is 10.6. The highest BCUT2D eigenvalue weighted by molar-refractivity contribution is 9.10. The van der Waals surface area contributed by atoms with Gasteiger partial charge in [-0.25, -0.2) is 0 Å². The zero-order chi connectivity index (χ0) is 9.72. The molecule has 70 valence electrons. The summed E-state index contributed by atoms with van der Waals surface area (Å²) in [5.74, 6) is 0. The Morgan fingerprint density at radius 2 is 1.25 bits per heavy atom. The second-order valence-corrected chi connectivity index (χ2v) is 5.08. The summed E-state index contributed by atoms with van der Waals surface area (Å²) in [6.45, 7) is 0. The second-order valence-electron chi connectivity index (χ2n) is 2.12. The molecule has 0 saturated carbocycles. The summed E-state index contributed by atoms with van der Waals surface area (Å²) in [7, 11) is 0. The molecule has 0 aliphatic rings. The van der Waals surface area contributed by atoms with Crippen LogP contribution in [0, 0.1) is 0 Å². The van der Waals surface area contributed by atoms with Crippen molar-refractivity contribution in [3.05, 3.63) is 0 Å². The van der Waals surface area contributed by atoms with E-state index in [0.717, 1.165) is 0 Å². The average Bonchev–Trinajstić information content (AvgIpc) is 1.98. The minimum absolute atomic E-state index is 0.407. The van der Waals surface area contributed by atoms with Gasteiger partial charge >= 0.3 is 0 Å². The second kappa shape index (κ2) is 6.35. The lowest BCUT2D eigenvalue weighted by atomic mass is 10.2. The maximum absolute atomic E-state index is 10.5. The summed E-state index contributed by atoms with van der Waals surface area (Å²) in [6, 6.07) is 0. The molecular weight excluding hydrogens is 335 g/mol. The molecule has 0 heterocycles. The van der Waals surface area contributed by atoms with Gasteiger partial charge in [0.1, 0.15) is 0 Å². The zero-order valence-electron chi connectivity index (χ0n) is 5.90. The topological polar surface area (TPSA) is 34.1 Å². The van der Waals surface area contributed by atoms with Crippen molar-refractivity contribution >= 4 is 65.5 Å². The Balaban J connectivity index is 3.68. The van der Waals surface area contributed by atoms with E-state index in [0.29, 0.717) is 12.8 Å². The lowest BCUT2D eigenvalue weighted by Gasteiger charge is -2.05. The van der Waals surface area contributed by atoms with E-state index in [2.05, 4.69) is 31.9 Å². The monoisotopic (exact) mass is 338 g/mol. The first kappa shape index (κ1) is 12.9. The molecule has 0 saturated heterocycles. The van der Waals surface area contributed by atoms with Crippen LogP contribution in [0.1, 0.15) is 12.8 Å². The van der Waals surface area contributed by atoms with Crippen LogP contribution >= 0.6 is 55.1 Å². The van der Waals surface area contributed by atoms with E-state index in [1.807, 2.05) is 0 Å². The largest absolute Gasteiger partial charge is 0.280 e. The Kier molecular flexibility index (Phi) is 6.82. The Bertz CT molecular complexity index is 166. The van der Waals surface area contributed by atoms with E-state index in [1.165, 1.54) is 0 Å². The van der Waals surface area contributed by atoms with Crippen LogP contribution in [-0.2, 0) is 9.59 Å². The Labute approximate surface area is 97.2 Å². The third-order valence-corrected chi connectivity index (χ3v) is 3.97. The predicted molar refractivity (Wildman–Crippen MR) is 56.4 cm³/mol. The molecule has 0 aromatic carbocycles. The van der Waals surface area contributed by atoms with Crippen LogP contribution in [0.3, 0.4) is 0 Å². The minimum atomic E-state index is -0.461. The average molecular weight is 341 g/mol. The van der Waals surface area contributed by atoms with Crippen LogP contribution in [-0.4, -0.2) is 20.1 Å². The Morgan fingerprint density at radius 3 is 1.42 bits per heavy atom. The summed E-state index contributed by atoms with van der Waals surface area (Å²) in [4.78, 5) is 20.2. The quantitative estimate of drug-likeness (QED) is 0.569. The van der Waals surface area contributed by atoms with Crippen LogP contribution in [0.4, 0.5) is 0 Å². The molecule has 0 aromatic rings. The van der Waals surface area contributed by atoms with Crippen molar-refractivity contribution in [2.45, 2.75) is 22.5 Å². The standard InChI is InChI=1S/C6H6Br2Cl2O2/c7-3(5(9)11)1-2-4(8)6(10)12/h3-4H,1-2H2/t3-,4-/m0/s1. The molecule has 0 aliphatic heterocycles. The van der Waals surface area contributed by atoms with E-state index >= 15 is 0 Å². The molecule has 0 aliphatic carbocycles. The maximum Gasteiger partial charge on any atom is 0.235 e. The van der Waals surface area contributed by atoms with Gasteiger partial charge in [0.25, 0.3) is 0 Å². The number of rotatable bonds is 5. The Hall–Kier alpha value is 0.880. The fourth-order valence-corrected chi connectivity index (χ4v) is 1.27. The number of carbonyl (C=O) groups is 2. The first-order valence-electron chi connectivity index (χ1n) is 3.12. The SMILES string of the molecule is O=C(Cl)[C@@H](Br)CC[C@H](Br)C(=O)Cl. The molecule has 0 N–H and O–H groups in total. The Morgan fingerprint density at radius 1 is 1.00 bits per heavy atom. The van der Waals surface area contributed by atoms with Crippen molar-refractivity contribution in [3.63, 3.8) is 0 Å². The summed E-state index contributed by atoms with van der Waals surface area (Å²) < 4.78 is 0. The van der Waals surface area contributed by atoms with Crippen molar-refractivity contribution < 1.29 is 9.59 Å². The molecule has 0 amide bonds. The van der Waals surface area contributed by atoms with Crippen molar-refractivity contribution in [1.82, 2.24) is 0 Å². The number of alkyl halides is 2. The van der Waals surface area contributed by atoms with Crippen molar-refractivity contribution in [3.8, 4) is 0 Å². The molecular formula is C6H6Br2Cl2O2. The molecule has 0 spiro atoms. The number of carbonyl (C=O) groups excluding carboxylic acids is 2. The summed E-state index contributed by atoms with van der Waals surface area (Å²) >= 11 is 16.5. The van der Waals surface area contributed by atoms with Gasteiger partial charge in [0.15, 0.2) is 0 Å². The van der Waals surface area contributed by atoms with E-state index in [-0.39, 0.29) is 0 Å². The normalized spacial score (nSPS) is 15.3. The molecule has 0 unspecified atom stereocenters. The van der Waals surface area contributed by atoms with Crippen molar-refractivity contribution in [2.75, 3.05) is 0 Å². The first-order chi connectivity index (χ1) is 5.45. The lowest BCUT2D eigenvalue weighted by molar-refractivity contribution is -0.112. The molecule has 0 aromatic heterocycles. The molecule has 2 nitrogen and oxygen atoms in total. The van der Waals surface area contributed by atoms with Crippen LogP contribution < -0.4 is 0 Å².